The average Bonchev–Trinajstić information content (AvgIpc) is 2.54. The van der Waals surface area contributed by atoms with Crippen LogP contribution in [0.4, 0.5) is 4.39 Å². The van der Waals surface area contributed by atoms with Crippen LogP contribution >= 0.6 is 0 Å². The summed E-state index contributed by atoms with van der Waals surface area (Å²) in [7, 11) is 1.31. The number of hydrogen-bond donors (Lipinski definition) is 1. The number of carboxylic acid groups (broad SMARTS) is 1. The summed E-state index contributed by atoms with van der Waals surface area (Å²) < 4.78 is 23.7. The second kappa shape index (κ2) is 6.87. The van der Waals surface area contributed by atoms with Crippen LogP contribution in [-0.4, -0.2) is 35.7 Å². The molecule has 0 atom stereocenters. The topological polar surface area (TPSA) is 85.7 Å². The van der Waals surface area contributed by atoms with Gasteiger partial charge < -0.3 is 14.6 Å². The zero-order chi connectivity index (χ0) is 17.0. The Morgan fingerprint density at radius 2 is 1.96 bits per heavy atom. The lowest BCUT2D eigenvalue weighted by atomic mass is 10.0. The summed E-state index contributed by atoms with van der Waals surface area (Å²) in [5, 5.41) is 9.14. The lowest BCUT2D eigenvalue weighted by molar-refractivity contribution is 0.0520. The average molecular weight is 319 g/mol. The van der Waals surface area contributed by atoms with Crippen molar-refractivity contribution in [2.45, 2.75) is 6.92 Å². The Hall–Kier alpha value is -2.96. The molecule has 120 valence electrons. The highest BCUT2D eigenvalue weighted by Gasteiger charge is 2.17. The Labute approximate surface area is 131 Å². The Kier molecular flexibility index (Phi) is 4.90. The summed E-state index contributed by atoms with van der Waals surface area (Å²) in [4.78, 5) is 26.7. The molecule has 0 aliphatic carbocycles. The third-order valence-corrected chi connectivity index (χ3v) is 3.07. The Morgan fingerprint density at radius 3 is 2.52 bits per heavy atom. The van der Waals surface area contributed by atoms with Crippen molar-refractivity contribution >= 4 is 11.9 Å². The largest absolute Gasteiger partial charge is 0.480 e. The summed E-state index contributed by atoms with van der Waals surface area (Å²) in [5.74, 6) is -2.76. The van der Waals surface area contributed by atoms with Crippen molar-refractivity contribution in [1.29, 1.82) is 0 Å². The van der Waals surface area contributed by atoms with E-state index < -0.39 is 17.8 Å². The SMILES string of the molecule is CCOC(=O)c1ccc(-c2cnc(OC)c(C(=O)O)c2)cc1F. The van der Waals surface area contributed by atoms with Crippen LogP contribution in [0.1, 0.15) is 27.6 Å². The standard InChI is InChI=1S/C16H14FNO5/c1-3-23-16(21)11-5-4-9(7-13(11)17)10-6-12(15(19)20)14(22-2)18-8-10/h4-8H,3H2,1-2H3,(H,19,20). The number of methoxy groups -OCH3 is 1. The molecule has 2 rings (SSSR count). The maximum Gasteiger partial charge on any atom is 0.341 e. The first-order valence-electron chi connectivity index (χ1n) is 6.72. The van der Waals surface area contributed by atoms with Gasteiger partial charge in [-0.2, -0.15) is 0 Å². The first-order valence-corrected chi connectivity index (χ1v) is 6.72. The van der Waals surface area contributed by atoms with E-state index in [1.54, 1.807) is 6.92 Å². The number of aromatic carboxylic acids is 1. The number of carbonyl (C=O) groups excluding carboxylic acids is 1. The summed E-state index contributed by atoms with van der Waals surface area (Å²) in [6.07, 6.45) is 1.37. The zero-order valence-corrected chi connectivity index (χ0v) is 12.5. The number of carbonyl (C=O) groups is 2. The number of esters is 1. The van der Waals surface area contributed by atoms with E-state index in [2.05, 4.69) is 4.98 Å². The van der Waals surface area contributed by atoms with Crippen molar-refractivity contribution in [1.82, 2.24) is 4.98 Å². The van der Waals surface area contributed by atoms with E-state index in [9.17, 15) is 14.0 Å². The van der Waals surface area contributed by atoms with Crippen LogP contribution in [0.25, 0.3) is 11.1 Å². The number of rotatable bonds is 5. The fourth-order valence-electron chi connectivity index (χ4n) is 2.00. The van der Waals surface area contributed by atoms with Gasteiger partial charge in [0.05, 0.1) is 19.3 Å². The van der Waals surface area contributed by atoms with Crippen LogP contribution in [0.15, 0.2) is 30.5 Å². The van der Waals surface area contributed by atoms with Crippen LogP contribution in [0, 0.1) is 5.82 Å². The third-order valence-electron chi connectivity index (χ3n) is 3.07. The molecule has 7 heteroatoms. The number of pyridine rings is 1. The molecule has 2 aromatic rings. The van der Waals surface area contributed by atoms with Crippen molar-refractivity contribution in [3.63, 3.8) is 0 Å². The molecule has 0 aliphatic rings. The van der Waals surface area contributed by atoms with Gasteiger partial charge in [-0.1, -0.05) is 6.07 Å². The molecule has 1 aromatic heterocycles. The summed E-state index contributed by atoms with van der Waals surface area (Å²) in [6, 6.07) is 5.23. The van der Waals surface area contributed by atoms with Gasteiger partial charge in [0.1, 0.15) is 11.4 Å². The minimum atomic E-state index is -1.21. The highest BCUT2D eigenvalue weighted by atomic mass is 19.1. The van der Waals surface area contributed by atoms with E-state index in [0.717, 1.165) is 6.07 Å². The number of halogens is 1. The van der Waals surface area contributed by atoms with E-state index in [1.807, 2.05) is 0 Å². The quantitative estimate of drug-likeness (QED) is 0.853. The van der Waals surface area contributed by atoms with Crippen molar-refractivity contribution in [3.8, 4) is 17.0 Å². The molecule has 6 nitrogen and oxygen atoms in total. The summed E-state index contributed by atoms with van der Waals surface area (Å²) in [5.41, 5.74) is 0.445. The number of carboxylic acids is 1. The highest BCUT2D eigenvalue weighted by molar-refractivity contribution is 5.92. The first kappa shape index (κ1) is 16.4. The number of nitrogens with zero attached hydrogens (tertiary/aromatic N) is 1. The number of benzene rings is 1. The van der Waals surface area contributed by atoms with E-state index >= 15 is 0 Å². The molecular formula is C16H14FNO5. The fraction of sp³-hybridized carbons (Fsp3) is 0.188. The summed E-state index contributed by atoms with van der Waals surface area (Å²) in [6.45, 7) is 1.77. The molecular weight excluding hydrogens is 305 g/mol. The smallest absolute Gasteiger partial charge is 0.341 e. The van der Waals surface area contributed by atoms with Crippen molar-refractivity contribution < 1.29 is 28.6 Å². The van der Waals surface area contributed by atoms with Crippen LogP contribution in [0.5, 0.6) is 5.88 Å². The van der Waals surface area contributed by atoms with Gasteiger partial charge >= 0.3 is 11.9 Å². The Balaban J connectivity index is 2.43. The van der Waals surface area contributed by atoms with E-state index in [-0.39, 0.29) is 23.6 Å². The number of ether oxygens (including phenoxy) is 2. The molecule has 1 heterocycles. The van der Waals surface area contributed by atoms with E-state index in [4.69, 9.17) is 14.6 Å². The molecule has 0 amide bonds. The molecule has 0 bridgehead atoms. The molecule has 1 N–H and O–H groups in total. The number of aromatic nitrogens is 1. The number of hydrogen-bond acceptors (Lipinski definition) is 5. The fourth-order valence-corrected chi connectivity index (χ4v) is 2.00. The van der Waals surface area contributed by atoms with Crippen LogP contribution in [-0.2, 0) is 4.74 Å². The minimum absolute atomic E-state index is 0.0372. The highest BCUT2D eigenvalue weighted by Crippen LogP contribution is 2.26. The third kappa shape index (κ3) is 3.45. The molecule has 0 saturated heterocycles. The molecule has 23 heavy (non-hydrogen) atoms. The van der Waals surface area contributed by atoms with Gasteiger partial charge in [0.25, 0.3) is 0 Å². The molecule has 1 aromatic carbocycles. The zero-order valence-electron chi connectivity index (χ0n) is 12.5. The molecule has 0 saturated carbocycles. The maximum absolute atomic E-state index is 14.1. The minimum Gasteiger partial charge on any atom is -0.480 e. The molecule has 0 aliphatic heterocycles. The van der Waals surface area contributed by atoms with E-state index in [1.165, 1.54) is 31.5 Å². The van der Waals surface area contributed by atoms with Gasteiger partial charge in [0.15, 0.2) is 0 Å². The molecule has 0 spiro atoms. The second-order valence-electron chi connectivity index (χ2n) is 4.50. The summed E-state index contributed by atoms with van der Waals surface area (Å²) >= 11 is 0. The Bertz CT molecular complexity index is 760. The lowest BCUT2D eigenvalue weighted by Crippen LogP contribution is -2.07. The molecule has 0 radical (unpaired) electrons. The first-order chi connectivity index (χ1) is 11.0. The predicted molar refractivity (Wildman–Crippen MR) is 79.1 cm³/mol. The van der Waals surface area contributed by atoms with E-state index in [0.29, 0.717) is 11.1 Å². The Morgan fingerprint density at radius 1 is 1.22 bits per heavy atom. The van der Waals surface area contributed by atoms with Crippen LogP contribution < -0.4 is 4.74 Å². The van der Waals surface area contributed by atoms with Crippen molar-refractivity contribution in [3.05, 3.63) is 47.4 Å². The molecule has 0 unspecified atom stereocenters. The second-order valence-corrected chi connectivity index (χ2v) is 4.50. The van der Waals surface area contributed by atoms with Gasteiger partial charge in [-0.05, 0) is 30.7 Å². The monoisotopic (exact) mass is 319 g/mol. The van der Waals surface area contributed by atoms with Gasteiger partial charge in [-0.3, -0.25) is 0 Å². The van der Waals surface area contributed by atoms with Crippen molar-refractivity contribution in [2.24, 2.45) is 0 Å². The van der Waals surface area contributed by atoms with Gasteiger partial charge in [0.2, 0.25) is 5.88 Å². The maximum atomic E-state index is 14.1. The van der Waals surface area contributed by atoms with Gasteiger partial charge in [0, 0.05) is 11.8 Å². The molecule has 0 fully saturated rings. The predicted octanol–water partition coefficient (Wildman–Crippen LogP) is 2.77. The van der Waals surface area contributed by atoms with Crippen LogP contribution in [0.2, 0.25) is 0 Å². The van der Waals surface area contributed by atoms with Crippen molar-refractivity contribution in [2.75, 3.05) is 13.7 Å². The van der Waals surface area contributed by atoms with Crippen LogP contribution in [0.3, 0.4) is 0 Å². The van der Waals surface area contributed by atoms with Gasteiger partial charge in [-0.15, -0.1) is 0 Å². The normalized spacial score (nSPS) is 10.2. The lowest BCUT2D eigenvalue weighted by Gasteiger charge is -2.08. The van der Waals surface area contributed by atoms with Gasteiger partial charge in [-0.25, -0.2) is 19.0 Å².